The van der Waals surface area contributed by atoms with E-state index in [1.54, 1.807) is 35.6 Å². The van der Waals surface area contributed by atoms with E-state index in [4.69, 9.17) is 17.0 Å². The van der Waals surface area contributed by atoms with E-state index >= 15 is 0 Å². The van der Waals surface area contributed by atoms with E-state index in [1.807, 2.05) is 6.92 Å². The Balaban J connectivity index is 1.61. The average Bonchev–Trinajstić information content (AvgIpc) is 3.22. The van der Waals surface area contributed by atoms with Gasteiger partial charge in [-0.3, -0.25) is 10.1 Å². The summed E-state index contributed by atoms with van der Waals surface area (Å²) in [5.74, 6) is 0.429. The van der Waals surface area contributed by atoms with E-state index in [2.05, 4.69) is 23.6 Å². The molecule has 27 heavy (non-hydrogen) atoms. The minimum absolute atomic E-state index is 0.128. The fourth-order valence-corrected chi connectivity index (χ4v) is 4.42. The van der Waals surface area contributed by atoms with E-state index in [9.17, 15) is 10.1 Å². The Bertz CT molecular complexity index is 897. The number of thiocarbonyl (C=S) groups is 1. The van der Waals surface area contributed by atoms with E-state index in [-0.39, 0.29) is 17.1 Å². The Labute approximate surface area is 168 Å². The van der Waals surface area contributed by atoms with E-state index < -0.39 is 0 Å². The van der Waals surface area contributed by atoms with Crippen LogP contribution in [-0.2, 0) is 12.8 Å². The largest absolute Gasteiger partial charge is 0.491 e. The van der Waals surface area contributed by atoms with Crippen molar-refractivity contribution in [3.8, 4) is 11.8 Å². The monoisotopic (exact) mass is 399 g/mol. The maximum Gasteiger partial charge on any atom is 0.257 e. The minimum Gasteiger partial charge on any atom is -0.491 e. The van der Waals surface area contributed by atoms with Crippen LogP contribution < -0.4 is 15.4 Å². The second kappa shape index (κ2) is 8.51. The fraction of sp³-hybridized carbons (Fsp3) is 0.350. The highest BCUT2D eigenvalue weighted by Gasteiger charge is 2.22. The van der Waals surface area contributed by atoms with Gasteiger partial charge in [0, 0.05) is 10.4 Å². The number of nitrogens with one attached hydrogen (secondary N) is 2. The number of aryl methyl sites for hydroxylation is 1. The topological polar surface area (TPSA) is 74.2 Å². The molecular formula is C20H21N3O2S2. The number of fused-ring (bicyclic) bond motifs is 1. The number of nitriles is 1. The zero-order chi connectivity index (χ0) is 19.4. The summed E-state index contributed by atoms with van der Waals surface area (Å²) < 4.78 is 5.71. The van der Waals surface area contributed by atoms with Crippen molar-refractivity contribution in [2.45, 2.75) is 45.6 Å². The zero-order valence-electron chi connectivity index (χ0n) is 15.3. The maximum absolute atomic E-state index is 12.4. The quantitative estimate of drug-likeness (QED) is 0.729. The summed E-state index contributed by atoms with van der Waals surface area (Å²) in [5, 5.41) is 16.0. The molecule has 0 saturated carbocycles. The second-order valence-electron chi connectivity index (χ2n) is 6.44. The summed E-state index contributed by atoms with van der Waals surface area (Å²) >= 11 is 6.80. The molecule has 0 spiro atoms. The third-order valence-electron chi connectivity index (χ3n) is 4.52. The molecule has 0 saturated heterocycles. The number of rotatable bonds is 5. The van der Waals surface area contributed by atoms with Gasteiger partial charge in [-0.15, -0.1) is 11.3 Å². The molecule has 1 heterocycles. The Morgan fingerprint density at radius 3 is 2.78 bits per heavy atom. The Kier molecular flexibility index (Phi) is 6.09. The van der Waals surface area contributed by atoms with Gasteiger partial charge in [0.25, 0.3) is 5.91 Å². The van der Waals surface area contributed by atoms with Crippen molar-refractivity contribution in [2.24, 2.45) is 0 Å². The van der Waals surface area contributed by atoms with Crippen LogP contribution in [-0.4, -0.2) is 17.1 Å². The van der Waals surface area contributed by atoms with Crippen molar-refractivity contribution < 1.29 is 9.53 Å². The van der Waals surface area contributed by atoms with Crippen molar-refractivity contribution in [3.05, 3.63) is 45.8 Å². The summed E-state index contributed by atoms with van der Waals surface area (Å²) in [6.07, 6.45) is 4.07. The lowest BCUT2D eigenvalue weighted by atomic mass is 10.1. The minimum atomic E-state index is -0.301. The highest BCUT2D eigenvalue weighted by atomic mass is 32.1. The Morgan fingerprint density at radius 2 is 2.11 bits per heavy atom. The summed E-state index contributed by atoms with van der Waals surface area (Å²) in [6, 6.07) is 9.21. The molecule has 1 aliphatic carbocycles. The van der Waals surface area contributed by atoms with Crippen molar-refractivity contribution in [1.82, 2.24) is 5.32 Å². The SMILES string of the molecule is CCC(C)Oc1ccc(C(=O)NC(=S)Nc2sc3c(c2C#N)CCC3)cc1. The van der Waals surface area contributed by atoms with Crippen LogP contribution in [0.2, 0.25) is 0 Å². The fourth-order valence-electron chi connectivity index (χ4n) is 2.92. The highest BCUT2D eigenvalue weighted by Crippen LogP contribution is 2.38. The van der Waals surface area contributed by atoms with Gasteiger partial charge in [0.05, 0.1) is 11.7 Å². The number of ether oxygens (including phenoxy) is 1. The zero-order valence-corrected chi connectivity index (χ0v) is 16.9. The first-order valence-electron chi connectivity index (χ1n) is 8.95. The summed E-state index contributed by atoms with van der Waals surface area (Å²) in [6.45, 7) is 4.06. The van der Waals surface area contributed by atoms with Gasteiger partial charge >= 0.3 is 0 Å². The van der Waals surface area contributed by atoms with Crippen LogP contribution in [0.25, 0.3) is 0 Å². The Morgan fingerprint density at radius 1 is 1.37 bits per heavy atom. The number of hydrogen-bond acceptors (Lipinski definition) is 5. The van der Waals surface area contributed by atoms with E-state index in [0.717, 1.165) is 37.0 Å². The molecule has 1 unspecified atom stereocenters. The molecule has 0 fully saturated rings. The molecule has 7 heteroatoms. The van der Waals surface area contributed by atoms with Crippen LogP contribution in [0.5, 0.6) is 5.75 Å². The molecule has 1 aromatic carbocycles. The van der Waals surface area contributed by atoms with Crippen LogP contribution in [0, 0.1) is 11.3 Å². The lowest BCUT2D eigenvalue weighted by molar-refractivity contribution is 0.0977. The van der Waals surface area contributed by atoms with Crippen molar-refractivity contribution in [3.63, 3.8) is 0 Å². The molecule has 0 radical (unpaired) electrons. The Hall–Kier alpha value is -2.43. The third-order valence-corrected chi connectivity index (χ3v) is 5.93. The molecule has 2 N–H and O–H groups in total. The van der Waals surface area contributed by atoms with E-state index in [1.165, 1.54) is 4.88 Å². The molecule has 0 bridgehead atoms. The number of hydrogen-bond donors (Lipinski definition) is 2. The smallest absolute Gasteiger partial charge is 0.257 e. The van der Waals surface area contributed by atoms with Crippen LogP contribution in [0.4, 0.5) is 5.00 Å². The highest BCUT2D eigenvalue weighted by molar-refractivity contribution is 7.80. The number of anilines is 1. The molecular weight excluding hydrogens is 378 g/mol. The first kappa shape index (κ1) is 19.3. The standard InChI is InChI=1S/C20H21N3O2S2/c1-3-12(2)25-14-9-7-13(8-10-14)18(24)22-20(26)23-19-16(11-21)15-5-4-6-17(15)27-19/h7-10,12H,3-6H2,1-2H3,(H2,22,23,24,26). The molecule has 2 aromatic rings. The lowest BCUT2D eigenvalue weighted by Crippen LogP contribution is -2.34. The molecule has 1 aromatic heterocycles. The average molecular weight is 400 g/mol. The van der Waals surface area contributed by atoms with Crippen LogP contribution in [0.3, 0.4) is 0 Å². The van der Waals surface area contributed by atoms with Crippen LogP contribution in [0.15, 0.2) is 24.3 Å². The second-order valence-corrected chi connectivity index (χ2v) is 7.96. The molecule has 3 rings (SSSR count). The number of carbonyl (C=O) groups excluding carboxylic acids is 1. The molecule has 0 aliphatic heterocycles. The van der Waals surface area contributed by atoms with Gasteiger partial charge in [-0.25, -0.2) is 0 Å². The van der Waals surface area contributed by atoms with Gasteiger partial charge in [0.2, 0.25) is 0 Å². The van der Waals surface area contributed by atoms with Crippen LogP contribution in [0.1, 0.15) is 53.1 Å². The number of amides is 1. The number of carbonyl (C=O) groups is 1. The first-order valence-corrected chi connectivity index (χ1v) is 10.2. The first-order chi connectivity index (χ1) is 13.0. The van der Waals surface area contributed by atoms with Crippen molar-refractivity contribution >= 4 is 39.6 Å². The predicted octanol–water partition coefficient (Wildman–Crippen LogP) is 4.41. The summed E-state index contributed by atoms with van der Waals surface area (Å²) in [7, 11) is 0. The van der Waals surface area contributed by atoms with Crippen molar-refractivity contribution in [1.29, 1.82) is 5.26 Å². The van der Waals surface area contributed by atoms with Gasteiger partial charge in [-0.2, -0.15) is 5.26 Å². The number of nitrogens with zero attached hydrogens (tertiary/aromatic N) is 1. The normalized spacial score (nSPS) is 13.4. The lowest BCUT2D eigenvalue weighted by Gasteiger charge is -2.13. The predicted molar refractivity (Wildman–Crippen MR) is 112 cm³/mol. The summed E-state index contributed by atoms with van der Waals surface area (Å²) in [4.78, 5) is 13.6. The van der Waals surface area contributed by atoms with Gasteiger partial charge in [0.1, 0.15) is 16.8 Å². The summed E-state index contributed by atoms with van der Waals surface area (Å²) in [5.41, 5.74) is 2.26. The molecule has 1 atom stereocenters. The van der Waals surface area contributed by atoms with Gasteiger partial charge < -0.3 is 10.1 Å². The maximum atomic E-state index is 12.4. The number of benzene rings is 1. The van der Waals surface area contributed by atoms with Gasteiger partial charge in [-0.1, -0.05) is 6.92 Å². The molecule has 1 aliphatic rings. The molecule has 140 valence electrons. The molecule has 5 nitrogen and oxygen atoms in total. The van der Waals surface area contributed by atoms with Gasteiger partial charge in [0.15, 0.2) is 5.11 Å². The van der Waals surface area contributed by atoms with Crippen molar-refractivity contribution in [2.75, 3.05) is 5.32 Å². The third kappa shape index (κ3) is 4.46. The van der Waals surface area contributed by atoms with Crippen LogP contribution >= 0.6 is 23.6 Å². The molecule has 1 amide bonds. The number of thiophene rings is 1. The van der Waals surface area contributed by atoms with Gasteiger partial charge in [-0.05, 0) is 74.7 Å². The van der Waals surface area contributed by atoms with E-state index in [0.29, 0.717) is 16.1 Å².